The third kappa shape index (κ3) is 3.93. The van der Waals surface area contributed by atoms with Crippen LogP contribution in [0.4, 0.5) is 10.1 Å². The molecule has 4 rings (SSSR count). The fraction of sp³-hybridized carbons (Fsp3) is 0.391. The van der Waals surface area contributed by atoms with Gasteiger partial charge in [0.1, 0.15) is 11.2 Å². The monoisotopic (exact) mass is 380 g/mol. The van der Waals surface area contributed by atoms with Gasteiger partial charge in [-0.2, -0.15) is 0 Å². The van der Waals surface area contributed by atoms with Crippen LogP contribution in [0, 0.1) is 17.2 Å². The maximum atomic E-state index is 13.0. The highest BCUT2D eigenvalue weighted by Crippen LogP contribution is 2.48. The highest BCUT2D eigenvalue weighted by atomic mass is 19.1. The maximum Gasteiger partial charge on any atom is 0.240 e. The first-order valence-electron chi connectivity index (χ1n) is 9.97. The van der Waals surface area contributed by atoms with Crippen molar-refractivity contribution in [1.82, 2.24) is 4.90 Å². The number of carbonyl (C=O) groups is 2. The van der Waals surface area contributed by atoms with Crippen LogP contribution in [-0.4, -0.2) is 29.8 Å². The average Bonchev–Trinajstić information content (AvgIpc) is 3.53. The predicted molar refractivity (Wildman–Crippen MR) is 106 cm³/mol. The molecule has 0 bridgehead atoms. The Morgan fingerprint density at radius 1 is 1.00 bits per heavy atom. The van der Waals surface area contributed by atoms with Crippen LogP contribution < -0.4 is 5.32 Å². The van der Waals surface area contributed by atoms with E-state index in [0.717, 1.165) is 19.3 Å². The number of amides is 2. The number of carbonyl (C=O) groups excluding carboxylic acids is 2. The van der Waals surface area contributed by atoms with Crippen molar-refractivity contribution in [1.29, 1.82) is 0 Å². The van der Waals surface area contributed by atoms with E-state index in [-0.39, 0.29) is 17.6 Å². The summed E-state index contributed by atoms with van der Waals surface area (Å²) in [4.78, 5) is 27.6. The molecule has 2 fully saturated rings. The molecule has 1 aliphatic carbocycles. The minimum Gasteiger partial charge on any atom is -0.342 e. The Labute approximate surface area is 164 Å². The highest BCUT2D eigenvalue weighted by Gasteiger charge is 2.58. The second-order valence-corrected chi connectivity index (χ2v) is 7.97. The lowest BCUT2D eigenvalue weighted by Crippen LogP contribution is -2.46. The molecular weight excluding hydrogens is 355 g/mol. The Kier molecular flexibility index (Phi) is 5.16. The lowest BCUT2D eigenvalue weighted by Gasteiger charge is -2.34. The van der Waals surface area contributed by atoms with Gasteiger partial charge in [0, 0.05) is 18.8 Å². The van der Waals surface area contributed by atoms with Crippen LogP contribution in [0.5, 0.6) is 0 Å². The highest BCUT2D eigenvalue weighted by molar-refractivity contribution is 6.13. The second kappa shape index (κ2) is 7.74. The van der Waals surface area contributed by atoms with Gasteiger partial charge in [-0.15, -0.1) is 0 Å². The largest absolute Gasteiger partial charge is 0.342 e. The van der Waals surface area contributed by atoms with E-state index in [9.17, 15) is 14.0 Å². The molecule has 4 nitrogen and oxygen atoms in total. The van der Waals surface area contributed by atoms with Gasteiger partial charge in [-0.05, 0) is 67.9 Å². The van der Waals surface area contributed by atoms with Crippen molar-refractivity contribution in [3.05, 3.63) is 66.0 Å². The van der Waals surface area contributed by atoms with Gasteiger partial charge in [0.15, 0.2) is 0 Å². The SMILES string of the molecule is O=C(Nc1ccc(F)cc1)C1(C(=O)N2CCC(Cc3ccccc3)CC2)CC1. The molecule has 1 aliphatic heterocycles. The number of halogens is 1. The number of hydrogen-bond donors (Lipinski definition) is 1. The van der Waals surface area contributed by atoms with E-state index < -0.39 is 5.41 Å². The third-order valence-corrected chi connectivity index (χ3v) is 5.97. The minimum absolute atomic E-state index is 0.0507. The number of anilines is 1. The second-order valence-electron chi connectivity index (χ2n) is 7.97. The van der Waals surface area contributed by atoms with Crippen molar-refractivity contribution in [2.24, 2.45) is 11.3 Å². The predicted octanol–water partition coefficient (Wildman–Crippen LogP) is 4.03. The molecule has 2 aromatic carbocycles. The number of piperidine rings is 1. The van der Waals surface area contributed by atoms with Crippen LogP contribution in [0.1, 0.15) is 31.2 Å². The van der Waals surface area contributed by atoms with Gasteiger partial charge in [-0.1, -0.05) is 30.3 Å². The molecule has 0 spiro atoms. The Morgan fingerprint density at radius 2 is 1.64 bits per heavy atom. The zero-order chi connectivity index (χ0) is 19.6. The van der Waals surface area contributed by atoms with E-state index in [2.05, 4.69) is 29.6 Å². The molecule has 0 radical (unpaired) electrons. The number of nitrogens with zero attached hydrogens (tertiary/aromatic N) is 1. The summed E-state index contributed by atoms with van der Waals surface area (Å²) in [6.07, 6.45) is 4.15. The molecular formula is C23H25FN2O2. The summed E-state index contributed by atoms with van der Waals surface area (Å²) in [7, 11) is 0. The molecule has 1 saturated heterocycles. The summed E-state index contributed by atoms with van der Waals surface area (Å²) in [5.74, 6) is -0.0935. The molecule has 2 aromatic rings. The summed E-state index contributed by atoms with van der Waals surface area (Å²) >= 11 is 0. The van der Waals surface area contributed by atoms with E-state index >= 15 is 0 Å². The number of benzene rings is 2. The molecule has 28 heavy (non-hydrogen) atoms. The zero-order valence-electron chi connectivity index (χ0n) is 15.9. The third-order valence-electron chi connectivity index (χ3n) is 5.97. The van der Waals surface area contributed by atoms with Crippen LogP contribution in [0.25, 0.3) is 0 Å². The van der Waals surface area contributed by atoms with Gasteiger partial charge >= 0.3 is 0 Å². The number of likely N-dealkylation sites (tertiary alicyclic amines) is 1. The van der Waals surface area contributed by atoms with E-state index in [1.807, 2.05) is 11.0 Å². The molecule has 0 atom stereocenters. The maximum absolute atomic E-state index is 13.0. The van der Waals surface area contributed by atoms with Crippen molar-refractivity contribution in [3.8, 4) is 0 Å². The van der Waals surface area contributed by atoms with Crippen molar-refractivity contribution in [2.45, 2.75) is 32.1 Å². The van der Waals surface area contributed by atoms with E-state index in [0.29, 0.717) is 37.5 Å². The summed E-state index contributed by atoms with van der Waals surface area (Å²) in [5.41, 5.74) is 0.928. The van der Waals surface area contributed by atoms with E-state index in [4.69, 9.17) is 0 Å². The van der Waals surface area contributed by atoms with Crippen LogP contribution in [0.3, 0.4) is 0 Å². The summed E-state index contributed by atoms with van der Waals surface area (Å²) < 4.78 is 13.0. The standard InChI is InChI=1S/C23H25FN2O2/c24-19-6-8-20(9-7-19)25-21(27)23(12-13-23)22(28)26-14-10-18(11-15-26)16-17-4-2-1-3-5-17/h1-9,18H,10-16H2,(H,25,27). The molecule has 2 aliphatic rings. The Bertz CT molecular complexity index is 839. The van der Waals surface area contributed by atoms with Crippen molar-refractivity contribution >= 4 is 17.5 Å². The van der Waals surface area contributed by atoms with Gasteiger partial charge < -0.3 is 10.2 Å². The van der Waals surface area contributed by atoms with Gasteiger partial charge in [-0.3, -0.25) is 9.59 Å². The van der Waals surface area contributed by atoms with Crippen molar-refractivity contribution in [2.75, 3.05) is 18.4 Å². The summed E-state index contributed by atoms with van der Waals surface area (Å²) in [6.45, 7) is 1.42. The summed E-state index contributed by atoms with van der Waals surface area (Å²) in [6, 6.07) is 16.1. The molecule has 1 heterocycles. The quantitative estimate of drug-likeness (QED) is 0.797. The van der Waals surface area contributed by atoms with Gasteiger partial charge in [-0.25, -0.2) is 4.39 Å². The first-order valence-corrected chi connectivity index (χ1v) is 9.97. The number of hydrogen-bond acceptors (Lipinski definition) is 2. The molecule has 1 saturated carbocycles. The average molecular weight is 380 g/mol. The molecule has 1 N–H and O–H groups in total. The van der Waals surface area contributed by atoms with Crippen LogP contribution in [-0.2, 0) is 16.0 Å². The summed E-state index contributed by atoms with van der Waals surface area (Å²) in [5, 5.41) is 2.78. The normalized spacial score (nSPS) is 18.5. The van der Waals surface area contributed by atoms with Crippen molar-refractivity contribution in [3.63, 3.8) is 0 Å². The molecule has 0 unspecified atom stereocenters. The van der Waals surface area contributed by atoms with Gasteiger partial charge in [0.2, 0.25) is 11.8 Å². The Hall–Kier alpha value is -2.69. The zero-order valence-corrected chi connectivity index (χ0v) is 15.9. The fourth-order valence-corrected chi connectivity index (χ4v) is 4.04. The smallest absolute Gasteiger partial charge is 0.240 e. The molecule has 0 aromatic heterocycles. The number of rotatable bonds is 5. The minimum atomic E-state index is -0.930. The number of nitrogens with one attached hydrogen (secondary N) is 1. The molecule has 146 valence electrons. The fourth-order valence-electron chi connectivity index (χ4n) is 4.04. The topological polar surface area (TPSA) is 49.4 Å². The molecule has 2 amide bonds. The first kappa shape index (κ1) is 18.7. The van der Waals surface area contributed by atoms with E-state index in [1.165, 1.54) is 29.8 Å². The molecule has 5 heteroatoms. The van der Waals surface area contributed by atoms with Crippen molar-refractivity contribution < 1.29 is 14.0 Å². The van der Waals surface area contributed by atoms with Crippen LogP contribution in [0.2, 0.25) is 0 Å². The van der Waals surface area contributed by atoms with E-state index in [1.54, 1.807) is 0 Å². The lowest BCUT2D eigenvalue weighted by molar-refractivity contribution is -0.143. The lowest BCUT2D eigenvalue weighted by atomic mass is 9.89. The van der Waals surface area contributed by atoms with Crippen LogP contribution in [0.15, 0.2) is 54.6 Å². The Morgan fingerprint density at radius 3 is 2.25 bits per heavy atom. The van der Waals surface area contributed by atoms with Gasteiger partial charge in [0.25, 0.3) is 0 Å². The first-order chi connectivity index (χ1) is 13.6. The van der Waals surface area contributed by atoms with Gasteiger partial charge in [0.05, 0.1) is 0 Å². The van der Waals surface area contributed by atoms with Crippen LogP contribution >= 0.6 is 0 Å². The Balaban J connectivity index is 1.33.